The molecule has 5 heteroatoms. The molecule has 3 N–H and O–H groups in total. The molecule has 0 bridgehead atoms. The Morgan fingerprint density at radius 3 is 2.83 bits per heavy atom. The lowest BCUT2D eigenvalue weighted by Gasteiger charge is -2.26. The van der Waals surface area contributed by atoms with Crippen LogP contribution in [0.4, 0.5) is 4.79 Å². The molecule has 0 aliphatic heterocycles. The average Bonchev–Trinajstić information content (AvgIpc) is 2.52. The first-order valence-electron chi connectivity index (χ1n) is 8.93. The molecule has 0 saturated heterocycles. The van der Waals surface area contributed by atoms with Crippen LogP contribution in [0.5, 0.6) is 5.75 Å². The largest absolute Gasteiger partial charge is 0.491 e. The molecule has 24 heavy (non-hydrogen) atoms. The van der Waals surface area contributed by atoms with Gasteiger partial charge < -0.3 is 20.5 Å². The van der Waals surface area contributed by atoms with Gasteiger partial charge in [-0.2, -0.15) is 0 Å². The molecule has 5 nitrogen and oxygen atoms in total. The van der Waals surface area contributed by atoms with E-state index in [4.69, 9.17) is 4.74 Å². The lowest BCUT2D eigenvalue weighted by Crippen LogP contribution is -2.40. The molecule has 1 fully saturated rings. The van der Waals surface area contributed by atoms with E-state index in [0.29, 0.717) is 12.5 Å². The fourth-order valence-corrected chi connectivity index (χ4v) is 3.15. The molecule has 0 aromatic heterocycles. The highest BCUT2D eigenvalue weighted by atomic mass is 16.5. The van der Waals surface area contributed by atoms with Gasteiger partial charge in [-0.1, -0.05) is 18.6 Å². The Morgan fingerprint density at radius 2 is 2.12 bits per heavy atom. The molecule has 1 saturated carbocycles. The second kappa shape index (κ2) is 8.92. The Labute approximate surface area is 144 Å². The number of aliphatic hydroxyl groups excluding tert-OH is 1. The van der Waals surface area contributed by atoms with Crippen LogP contribution in [-0.2, 0) is 0 Å². The molecule has 1 aliphatic rings. The number of benzene rings is 1. The van der Waals surface area contributed by atoms with Crippen LogP contribution in [0.2, 0.25) is 0 Å². The lowest BCUT2D eigenvalue weighted by molar-refractivity contribution is 0.101. The van der Waals surface area contributed by atoms with E-state index in [9.17, 15) is 9.90 Å². The molecular weight excluding hydrogens is 304 g/mol. The normalized spacial score (nSPS) is 22.0. The van der Waals surface area contributed by atoms with Crippen LogP contribution < -0.4 is 15.4 Å². The van der Waals surface area contributed by atoms with Gasteiger partial charge in [0, 0.05) is 6.54 Å². The number of aliphatic hydroxyl groups is 1. The quantitative estimate of drug-likeness (QED) is 0.747. The van der Waals surface area contributed by atoms with E-state index in [-0.39, 0.29) is 24.3 Å². The van der Waals surface area contributed by atoms with E-state index in [2.05, 4.69) is 10.6 Å². The molecule has 0 radical (unpaired) electrons. The van der Waals surface area contributed by atoms with Crippen LogP contribution in [0.25, 0.3) is 0 Å². The summed E-state index contributed by atoms with van der Waals surface area (Å²) >= 11 is 0. The summed E-state index contributed by atoms with van der Waals surface area (Å²) in [4.78, 5) is 12.1. The Balaban J connectivity index is 1.80. The predicted octanol–water partition coefficient (Wildman–Crippen LogP) is 3.39. The number of amides is 2. The van der Waals surface area contributed by atoms with E-state index in [1.807, 2.05) is 45.0 Å². The summed E-state index contributed by atoms with van der Waals surface area (Å²) in [6, 6.07) is 7.53. The summed E-state index contributed by atoms with van der Waals surface area (Å²) in [5.41, 5.74) is 1.01. The van der Waals surface area contributed by atoms with Gasteiger partial charge in [0.15, 0.2) is 0 Å². The molecule has 2 amide bonds. The molecule has 0 heterocycles. The van der Waals surface area contributed by atoms with Crippen molar-refractivity contribution in [3.8, 4) is 5.75 Å². The van der Waals surface area contributed by atoms with Gasteiger partial charge in [0.1, 0.15) is 5.75 Å². The highest BCUT2D eigenvalue weighted by molar-refractivity contribution is 5.74. The highest BCUT2D eigenvalue weighted by Crippen LogP contribution is 2.23. The molecule has 3 atom stereocenters. The minimum Gasteiger partial charge on any atom is -0.491 e. The van der Waals surface area contributed by atoms with Crippen molar-refractivity contribution in [1.82, 2.24) is 10.6 Å². The third kappa shape index (κ3) is 6.04. The molecule has 0 spiro atoms. The standard InChI is InChI=1S/C19H30N2O3/c1-13(2)24-18-9-5-7-16(11-18)14(3)21-19(23)20-12-15-6-4-8-17(22)10-15/h5,7,9,11,13-15,17,22H,4,6,8,10,12H2,1-3H3,(H2,20,21,23). The molecule has 1 aliphatic carbocycles. The number of carbonyl (C=O) groups excluding carboxylic acids is 1. The van der Waals surface area contributed by atoms with Gasteiger partial charge in [-0.25, -0.2) is 4.79 Å². The van der Waals surface area contributed by atoms with E-state index in [1.165, 1.54) is 0 Å². The summed E-state index contributed by atoms with van der Waals surface area (Å²) in [6.07, 6.45) is 3.68. The number of carbonyl (C=O) groups is 1. The minimum atomic E-state index is -0.212. The van der Waals surface area contributed by atoms with Crippen molar-refractivity contribution >= 4 is 6.03 Å². The topological polar surface area (TPSA) is 70.6 Å². The fraction of sp³-hybridized carbons (Fsp3) is 0.632. The molecular formula is C19H30N2O3. The third-order valence-corrected chi connectivity index (χ3v) is 4.38. The average molecular weight is 334 g/mol. The second-order valence-corrected chi connectivity index (χ2v) is 7.00. The van der Waals surface area contributed by atoms with Crippen molar-refractivity contribution in [3.63, 3.8) is 0 Å². The van der Waals surface area contributed by atoms with Crippen molar-refractivity contribution in [2.75, 3.05) is 6.54 Å². The van der Waals surface area contributed by atoms with Crippen molar-refractivity contribution in [2.24, 2.45) is 5.92 Å². The summed E-state index contributed by atoms with van der Waals surface area (Å²) in [7, 11) is 0. The highest BCUT2D eigenvalue weighted by Gasteiger charge is 2.20. The first-order valence-corrected chi connectivity index (χ1v) is 8.93. The molecule has 1 aromatic rings. The van der Waals surface area contributed by atoms with E-state index in [0.717, 1.165) is 37.0 Å². The Kier molecular flexibility index (Phi) is 6.91. The fourth-order valence-electron chi connectivity index (χ4n) is 3.15. The maximum Gasteiger partial charge on any atom is 0.315 e. The number of rotatable bonds is 6. The van der Waals surface area contributed by atoms with Crippen LogP contribution in [0, 0.1) is 5.92 Å². The summed E-state index contributed by atoms with van der Waals surface area (Å²) in [5.74, 6) is 1.19. The van der Waals surface area contributed by atoms with Crippen LogP contribution in [0.15, 0.2) is 24.3 Å². The van der Waals surface area contributed by atoms with Gasteiger partial charge >= 0.3 is 6.03 Å². The summed E-state index contributed by atoms with van der Waals surface area (Å²) in [6.45, 7) is 6.55. The zero-order valence-electron chi connectivity index (χ0n) is 14.9. The second-order valence-electron chi connectivity index (χ2n) is 7.00. The van der Waals surface area contributed by atoms with Crippen molar-refractivity contribution < 1.29 is 14.6 Å². The lowest BCUT2D eigenvalue weighted by atomic mass is 9.87. The number of urea groups is 1. The summed E-state index contributed by atoms with van der Waals surface area (Å²) in [5, 5.41) is 15.6. The van der Waals surface area contributed by atoms with Crippen LogP contribution >= 0.6 is 0 Å². The van der Waals surface area contributed by atoms with Gasteiger partial charge in [-0.05, 0) is 63.6 Å². The SMILES string of the molecule is CC(C)Oc1cccc(C(C)NC(=O)NCC2CCCC(O)C2)c1. The smallest absolute Gasteiger partial charge is 0.315 e. The van der Waals surface area contributed by atoms with Gasteiger partial charge in [-0.15, -0.1) is 0 Å². The van der Waals surface area contributed by atoms with Crippen molar-refractivity contribution in [2.45, 2.75) is 64.7 Å². The van der Waals surface area contributed by atoms with Crippen LogP contribution in [0.3, 0.4) is 0 Å². The predicted molar refractivity (Wildman–Crippen MR) is 95.1 cm³/mol. The molecule has 3 unspecified atom stereocenters. The Hall–Kier alpha value is -1.75. The van der Waals surface area contributed by atoms with Crippen LogP contribution in [0.1, 0.15) is 58.1 Å². The van der Waals surface area contributed by atoms with Gasteiger partial charge in [-0.3, -0.25) is 0 Å². The van der Waals surface area contributed by atoms with E-state index in [1.54, 1.807) is 0 Å². The molecule has 134 valence electrons. The number of hydrogen-bond acceptors (Lipinski definition) is 3. The maximum absolute atomic E-state index is 12.1. The van der Waals surface area contributed by atoms with Gasteiger partial charge in [0.2, 0.25) is 0 Å². The van der Waals surface area contributed by atoms with E-state index >= 15 is 0 Å². The number of ether oxygens (including phenoxy) is 1. The van der Waals surface area contributed by atoms with Gasteiger partial charge in [0.05, 0.1) is 18.2 Å². The Morgan fingerprint density at radius 1 is 1.33 bits per heavy atom. The van der Waals surface area contributed by atoms with Crippen LogP contribution in [-0.4, -0.2) is 29.9 Å². The number of hydrogen-bond donors (Lipinski definition) is 3. The monoisotopic (exact) mass is 334 g/mol. The first-order chi connectivity index (χ1) is 11.4. The zero-order valence-corrected chi connectivity index (χ0v) is 14.9. The van der Waals surface area contributed by atoms with Crippen molar-refractivity contribution in [1.29, 1.82) is 0 Å². The van der Waals surface area contributed by atoms with E-state index < -0.39 is 0 Å². The van der Waals surface area contributed by atoms with Gasteiger partial charge in [0.25, 0.3) is 0 Å². The zero-order chi connectivity index (χ0) is 17.5. The third-order valence-electron chi connectivity index (χ3n) is 4.38. The van der Waals surface area contributed by atoms with Crippen molar-refractivity contribution in [3.05, 3.63) is 29.8 Å². The Bertz CT molecular complexity index is 533. The molecule has 2 rings (SSSR count). The summed E-state index contributed by atoms with van der Waals surface area (Å²) < 4.78 is 5.69. The minimum absolute atomic E-state index is 0.0994. The molecule has 1 aromatic carbocycles. The number of nitrogens with one attached hydrogen (secondary N) is 2. The maximum atomic E-state index is 12.1. The first kappa shape index (κ1) is 18.6.